The van der Waals surface area contributed by atoms with Gasteiger partial charge in [-0.25, -0.2) is 4.39 Å². The second kappa shape index (κ2) is 7.73. The Kier molecular flexibility index (Phi) is 5.96. The van der Waals surface area contributed by atoms with Crippen LogP contribution in [0.1, 0.15) is 18.4 Å². The molecule has 0 bridgehead atoms. The Morgan fingerprint density at radius 2 is 2.05 bits per heavy atom. The van der Waals surface area contributed by atoms with Crippen molar-refractivity contribution in [2.24, 2.45) is 0 Å². The number of halogens is 1. The molecule has 1 heterocycles. The molecule has 0 atom stereocenters. The summed E-state index contributed by atoms with van der Waals surface area (Å²) in [7, 11) is 4.09. The van der Waals surface area contributed by atoms with Gasteiger partial charge >= 0.3 is 0 Å². The van der Waals surface area contributed by atoms with Crippen LogP contribution in [0.3, 0.4) is 0 Å². The minimum Gasteiger partial charge on any atom is -0.393 e. The lowest BCUT2D eigenvalue weighted by molar-refractivity contribution is 0.145. The van der Waals surface area contributed by atoms with Gasteiger partial charge in [0.15, 0.2) is 0 Å². The van der Waals surface area contributed by atoms with E-state index in [9.17, 15) is 9.50 Å². The number of aliphatic hydroxyl groups is 1. The van der Waals surface area contributed by atoms with Crippen molar-refractivity contribution in [1.82, 2.24) is 10.2 Å². The zero-order chi connectivity index (χ0) is 15.2. The standard InChI is InChI=1S/C16H26FN3O/c1-19(2)10-7-18-12-13-3-4-15(17)16(11-13)20-8-5-14(21)6-9-20/h3-4,11,14,18,21H,5-10,12H2,1-2H3. The second-order valence-electron chi connectivity index (χ2n) is 5.98. The molecule has 0 amide bonds. The van der Waals surface area contributed by atoms with Crippen molar-refractivity contribution in [1.29, 1.82) is 0 Å². The molecule has 4 nitrogen and oxygen atoms in total. The first-order valence-corrected chi connectivity index (χ1v) is 7.63. The summed E-state index contributed by atoms with van der Waals surface area (Å²) in [6, 6.07) is 5.30. The van der Waals surface area contributed by atoms with Crippen LogP contribution >= 0.6 is 0 Å². The fourth-order valence-corrected chi connectivity index (χ4v) is 2.55. The first-order chi connectivity index (χ1) is 10.1. The van der Waals surface area contributed by atoms with E-state index in [1.165, 1.54) is 0 Å². The van der Waals surface area contributed by atoms with Crippen LogP contribution in [0, 0.1) is 5.82 Å². The lowest BCUT2D eigenvalue weighted by Crippen LogP contribution is -2.36. The molecule has 0 saturated carbocycles. The van der Waals surface area contributed by atoms with Gasteiger partial charge in [-0.15, -0.1) is 0 Å². The van der Waals surface area contributed by atoms with Crippen molar-refractivity contribution < 1.29 is 9.50 Å². The highest BCUT2D eigenvalue weighted by Gasteiger charge is 2.19. The van der Waals surface area contributed by atoms with E-state index in [0.717, 1.165) is 38.3 Å². The third kappa shape index (κ3) is 4.95. The Hall–Kier alpha value is -1.17. The van der Waals surface area contributed by atoms with Crippen LogP contribution in [-0.2, 0) is 6.54 Å². The molecule has 21 heavy (non-hydrogen) atoms. The van der Waals surface area contributed by atoms with E-state index in [-0.39, 0.29) is 11.9 Å². The Morgan fingerprint density at radius 3 is 2.71 bits per heavy atom. The van der Waals surface area contributed by atoms with Gasteiger partial charge in [-0.1, -0.05) is 6.07 Å². The minimum absolute atomic E-state index is 0.177. The third-order valence-electron chi connectivity index (χ3n) is 3.88. The van der Waals surface area contributed by atoms with Gasteiger partial charge in [0.25, 0.3) is 0 Å². The largest absolute Gasteiger partial charge is 0.393 e. The number of nitrogens with zero attached hydrogens (tertiary/aromatic N) is 2. The van der Waals surface area contributed by atoms with E-state index in [4.69, 9.17) is 0 Å². The highest BCUT2D eigenvalue weighted by molar-refractivity contribution is 5.50. The van der Waals surface area contributed by atoms with Crippen LogP contribution in [0.25, 0.3) is 0 Å². The van der Waals surface area contributed by atoms with E-state index >= 15 is 0 Å². The van der Waals surface area contributed by atoms with E-state index < -0.39 is 0 Å². The summed E-state index contributed by atoms with van der Waals surface area (Å²) in [5.41, 5.74) is 1.75. The van der Waals surface area contributed by atoms with Crippen molar-refractivity contribution in [2.75, 3.05) is 45.2 Å². The number of anilines is 1. The molecule has 0 unspecified atom stereocenters. The number of rotatable bonds is 6. The van der Waals surface area contributed by atoms with E-state index in [1.54, 1.807) is 6.07 Å². The molecule has 1 aromatic rings. The molecule has 1 aliphatic rings. The lowest BCUT2D eigenvalue weighted by Gasteiger charge is -2.32. The highest BCUT2D eigenvalue weighted by atomic mass is 19.1. The molecular weight excluding hydrogens is 269 g/mol. The van der Waals surface area contributed by atoms with Gasteiger partial charge in [0.05, 0.1) is 11.8 Å². The van der Waals surface area contributed by atoms with Crippen molar-refractivity contribution in [3.63, 3.8) is 0 Å². The van der Waals surface area contributed by atoms with E-state index in [0.29, 0.717) is 18.5 Å². The summed E-state index contributed by atoms with van der Waals surface area (Å²) < 4.78 is 14.0. The zero-order valence-corrected chi connectivity index (χ0v) is 13.0. The molecule has 2 rings (SSSR count). The van der Waals surface area contributed by atoms with Gasteiger partial charge in [0.2, 0.25) is 0 Å². The highest BCUT2D eigenvalue weighted by Crippen LogP contribution is 2.24. The number of benzene rings is 1. The van der Waals surface area contributed by atoms with Gasteiger partial charge in [-0.3, -0.25) is 0 Å². The summed E-state index contributed by atoms with van der Waals surface area (Å²) in [6.07, 6.45) is 1.19. The monoisotopic (exact) mass is 295 g/mol. The first kappa shape index (κ1) is 16.2. The maximum atomic E-state index is 14.0. The topological polar surface area (TPSA) is 38.7 Å². The molecule has 2 N–H and O–H groups in total. The van der Waals surface area contributed by atoms with Crippen molar-refractivity contribution in [3.8, 4) is 0 Å². The molecular formula is C16H26FN3O. The van der Waals surface area contributed by atoms with Crippen molar-refractivity contribution in [2.45, 2.75) is 25.5 Å². The molecule has 1 saturated heterocycles. The van der Waals surface area contributed by atoms with Crippen LogP contribution in [-0.4, -0.2) is 56.4 Å². The van der Waals surface area contributed by atoms with Crippen LogP contribution in [0.4, 0.5) is 10.1 Å². The Labute approximate surface area is 126 Å². The molecule has 5 heteroatoms. The van der Waals surface area contributed by atoms with Gasteiger partial charge in [0.1, 0.15) is 5.82 Å². The second-order valence-corrected chi connectivity index (χ2v) is 5.98. The average molecular weight is 295 g/mol. The van der Waals surface area contributed by atoms with Crippen LogP contribution in [0.15, 0.2) is 18.2 Å². The molecule has 0 radical (unpaired) electrons. The first-order valence-electron chi connectivity index (χ1n) is 7.63. The fourth-order valence-electron chi connectivity index (χ4n) is 2.55. The molecule has 1 fully saturated rings. The normalized spacial score (nSPS) is 16.7. The Morgan fingerprint density at radius 1 is 1.33 bits per heavy atom. The fraction of sp³-hybridized carbons (Fsp3) is 0.625. The predicted octanol–water partition coefficient (Wildman–Crippen LogP) is 1.44. The number of hydrogen-bond donors (Lipinski definition) is 2. The average Bonchev–Trinajstić information content (AvgIpc) is 2.46. The number of piperidine rings is 1. The summed E-state index contributed by atoms with van der Waals surface area (Å²) >= 11 is 0. The summed E-state index contributed by atoms with van der Waals surface area (Å²) in [5.74, 6) is -0.177. The molecule has 0 aromatic heterocycles. The van der Waals surface area contributed by atoms with Gasteiger partial charge < -0.3 is 20.2 Å². The SMILES string of the molecule is CN(C)CCNCc1ccc(F)c(N2CCC(O)CC2)c1. The molecule has 1 aromatic carbocycles. The maximum absolute atomic E-state index is 14.0. The number of aliphatic hydroxyl groups excluding tert-OH is 1. The summed E-state index contributed by atoms with van der Waals surface area (Å²) in [6.45, 7) is 4.08. The summed E-state index contributed by atoms with van der Waals surface area (Å²) in [4.78, 5) is 4.16. The van der Waals surface area contributed by atoms with E-state index in [1.807, 2.05) is 31.1 Å². The predicted molar refractivity (Wildman–Crippen MR) is 84.1 cm³/mol. The summed E-state index contributed by atoms with van der Waals surface area (Å²) in [5, 5.41) is 12.9. The Balaban J connectivity index is 1.93. The third-order valence-corrected chi connectivity index (χ3v) is 3.88. The zero-order valence-electron chi connectivity index (χ0n) is 13.0. The smallest absolute Gasteiger partial charge is 0.146 e. The molecule has 118 valence electrons. The van der Waals surface area contributed by atoms with Crippen LogP contribution in [0.5, 0.6) is 0 Å². The van der Waals surface area contributed by atoms with Gasteiger partial charge in [0, 0.05) is 32.7 Å². The number of hydrogen-bond acceptors (Lipinski definition) is 4. The Bertz CT molecular complexity index is 445. The van der Waals surface area contributed by atoms with Crippen molar-refractivity contribution in [3.05, 3.63) is 29.6 Å². The number of likely N-dealkylation sites (N-methyl/N-ethyl adjacent to an activating group) is 1. The minimum atomic E-state index is -0.236. The lowest BCUT2D eigenvalue weighted by atomic mass is 10.1. The molecule has 0 aliphatic carbocycles. The van der Waals surface area contributed by atoms with Gasteiger partial charge in [-0.05, 0) is 44.6 Å². The van der Waals surface area contributed by atoms with E-state index in [2.05, 4.69) is 10.2 Å². The van der Waals surface area contributed by atoms with Crippen LogP contribution < -0.4 is 10.2 Å². The number of nitrogens with one attached hydrogen (secondary N) is 1. The quantitative estimate of drug-likeness (QED) is 0.779. The maximum Gasteiger partial charge on any atom is 0.146 e. The van der Waals surface area contributed by atoms with Crippen molar-refractivity contribution >= 4 is 5.69 Å². The van der Waals surface area contributed by atoms with Gasteiger partial charge in [-0.2, -0.15) is 0 Å². The molecule has 0 spiro atoms. The van der Waals surface area contributed by atoms with Crippen LogP contribution in [0.2, 0.25) is 0 Å². The molecule has 1 aliphatic heterocycles.